The van der Waals surface area contributed by atoms with Crippen molar-refractivity contribution in [2.24, 2.45) is 0 Å². The molecule has 0 spiro atoms. The summed E-state index contributed by atoms with van der Waals surface area (Å²) in [5.41, 5.74) is 3.44. The number of aryl methyl sites for hydroxylation is 1. The maximum absolute atomic E-state index is 4.05. The second-order valence-corrected chi connectivity index (χ2v) is 4.75. The average Bonchev–Trinajstić information content (AvgIpc) is 2.81. The summed E-state index contributed by atoms with van der Waals surface area (Å²) in [6.07, 6.45) is 0. The first-order valence-electron chi connectivity index (χ1n) is 5.61. The van der Waals surface area contributed by atoms with E-state index in [1.54, 1.807) is 16.4 Å². The van der Waals surface area contributed by atoms with Crippen LogP contribution in [0.4, 0.5) is 0 Å². The van der Waals surface area contributed by atoms with Gasteiger partial charge in [-0.25, -0.2) is 0 Å². The summed E-state index contributed by atoms with van der Waals surface area (Å²) in [6.45, 7) is 5.99. The number of tetrazole rings is 1. The number of thioether (sulfide) groups is 1. The highest BCUT2D eigenvalue weighted by Crippen LogP contribution is 2.21. The third kappa shape index (κ3) is 2.54. The Morgan fingerprint density at radius 2 is 2.17 bits per heavy atom. The molecule has 0 bridgehead atoms. The zero-order chi connectivity index (χ0) is 13.0. The lowest BCUT2D eigenvalue weighted by Gasteiger charge is -2.08. The quantitative estimate of drug-likeness (QED) is 0.626. The van der Waals surface area contributed by atoms with Crippen molar-refractivity contribution in [2.75, 3.05) is 5.75 Å². The van der Waals surface area contributed by atoms with Crippen LogP contribution in [0, 0.1) is 25.7 Å². The van der Waals surface area contributed by atoms with Crippen molar-refractivity contribution in [3.05, 3.63) is 29.3 Å². The van der Waals surface area contributed by atoms with Gasteiger partial charge in [-0.15, -0.1) is 11.0 Å². The Morgan fingerprint density at radius 3 is 2.94 bits per heavy atom. The number of rotatable bonds is 3. The van der Waals surface area contributed by atoms with E-state index >= 15 is 0 Å². The van der Waals surface area contributed by atoms with Gasteiger partial charge in [-0.3, -0.25) is 0 Å². The fourth-order valence-electron chi connectivity index (χ4n) is 1.56. The molecular weight excluding hydrogens is 244 g/mol. The first kappa shape index (κ1) is 12.7. The van der Waals surface area contributed by atoms with Crippen LogP contribution in [-0.2, 0) is 0 Å². The van der Waals surface area contributed by atoms with Gasteiger partial charge in [0.15, 0.2) is 0 Å². The topological polar surface area (TPSA) is 43.6 Å². The molecule has 0 aliphatic heterocycles. The smallest absolute Gasteiger partial charge is 0.187 e. The van der Waals surface area contributed by atoms with Crippen molar-refractivity contribution in [1.82, 2.24) is 20.2 Å². The Hall–Kier alpha value is -1.80. The molecular formula is C13H14N4S. The molecule has 0 atom stereocenters. The molecule has 0 unspecified atom stereocenters. The Labute approximate surface area is 111 Å². The van der Waals surface area contributed by atoms with Crippen molar-refractivity contribution in [1.29, 1.82) is 0 Å². The van der Waals surface area contributed by atoms with Gasteiger partial charge in [0.2, 0.25) is 5.16 Å². The molecule has 0 saturated carbocycles. The molecule has 2 rings (SSSR count). The van der Waals surface area contributed by atoms with E-state index in [0.29, 0.717) is 5.75 Å². The molecule has 5 heteroatoms. The summed E-state index contributed by atoms with van der Waals surface area (Å²) in [5, 5.41) is 12.6. The maximum Gasteiger partial charge on any atom is 0.215 e. The largest absolute Gasteiger partial charge is 0.215 e. The first-order valence-corrected chi connectivity index (χ1v) is 6.60. The molecule has 2 aromatic rings. The van der Waals surface area contributed by atoms with E-state index in [1.807, 2.05) is 19.1 Å². The summed E-state index contributed by atoms with van der Waals surface area (Å²) in [6, 6.07) is 6.12. The molecule has 1 aromatic carbocycles. The minimum absolute atomic E-state index is 0.696. The highest BCUT2D eigenvalue weighted by Gasteiger charge is 2.11. The molecule has 0 saturated heterocycles. The van der Waals surface area contributed by atoms with Gasteiger partial charge in [-0.05, 0) is 48.4 Å². The van der Waals surface area contributed by atoms with Crippen LogP contribution in [0.15, 0.2) is 23.4 Å². The molecule has 1 heterocycles. The van der Waals surface area contributed by atoms with Gasteiger partial charge < -0.3 is 0 Å². The zero-order valence-electron chi connectivity index (χ0n) is 10.6. The van der Waals surface area contributed by atoms with E-state index in [1.165, 1.54) is 11.1 Å². The molecule has 0 radical (unpaired) electrons. The number of benzene rings is 1. The number of hydrogen-bond acceptors (Lipinski definition) is 4. The number of aromatic nitrogens is 4. The fourth-order valence-corrected chi connectivity index (χ4v) is 2.25. The normalized spacial score (nSPS) is 9.94. The summed E-state index contributed by atoms with van der Waals surface area (Å²) < 4.78 is 1.77. The van der Waals surface area contributed by atoms with E-state index < -0.39 is 0 Å². The number of nitrogens with zero attached hydrogens (tertiary/aromatic N) is 4. The van der Waals surface area contributed by atoms with Crippen molar-refractivity contribution in [3.8, 4) is 17.5 Å². The van der Waals surface area contributed by atoms with Gasteiger partial charge >= 0.3 is 0 Å². The summed E-state index contributed by atoms with van der Waals surface area (Å²) in [4.78, 5) is 0. The molecule has 0 amide bonds. The predicted octanol–water partition coefficient (Wildman–Crippen LogP) is 2.39. The van der Waals surface area contributed by atoms with E-state index in [0.717, 1.165) is 10.8 Å². The highest BCUT2D eigenvalue weighted by molar-refractivity contribution is 7.99. The number of hydrogen-bond donors (Lipinski definition) is 0. The lowest BCUT2D eigenvalue weighted by molar-refractivity contribution is 0.751. The van der Waals surface area contributed by atoms with E-state index in [2.05, 4.69) is 47.3 Å². The molecule has 0 N–H and O–H groups in total. The monoisotopic (exact) mass is 258 g/mol. The molecule has 92 valence electrons. The molecule has 0 aliphatic rings. The van der Waals surface area contributed by atoms with Crippen LogP contribution in [0.3, 0.4) is 0 Å². The Balaban J connectivity index is 2.35. The van der Waals surface area contributed by atoms with Gasteiger partial charge in [0.05, 0.1) is 11.4 Å². The fraction of sp³-hybridized carbons (Fsp3) is 0.308. The van der Waals surface area contributed by atoms with Crippen LogP contribution in [0.25, 0.3) is 5.69 Å². The first-order chi connectivity index (χ1) is 8.74. The summed E-state index contributed by atoms with van der Waals surface area (Å²) >= 11 is 1.54. The van der Waals surface area contributed by atoms with Gasteiger partial charge in [0, 0.05) is 0 Å². The van der Waals surface area contributed by atoms with Crippen LogP contribution >= 0.6 is 11.8 Å². The Morgan fingerprint density at radius 1 is 1.33 bits per heavy atom. The van der Waals surface area contributed by atoms with Crippen molar-refractivity contribution >= 4 is 11.8 Å². The van der Waals surface area contributed by atoms with E-state index in [9.17, 15) is 0 Å². The average molecular weight is 258 g/mol. The standard InChI is InChI=1S/C13H14N4S/c1-4-5-9-18-13-14-15-16-17(13)12-8-6-7-10(2)11(12)3/h6-8H,9H2,1-3H3. The van der Waals surface area contributed by atoms with Gasteiger partial charge in [-0.2, -0.15) is 4.68 Å². The van der Waals surface area contributed by atoms with Crippen LogP contribution in [0.1, 0.15) is 18.1 Å². The van der Waals surface area contributed by atoms with E-state index in [4.69, 9.17) is 0 Å². The second-order valence-electron chi connectivity index (χ2n) is 3.81. The minimum atomic E-state index is 0.696. The van der Waals surface area contributed by atoms with Crippen LogP contribution < -0.4 is 0 Å². The van der Waals surface area contributed by atoms with Crippen LogP contribution in [0.2, 0.25) is 0 Å². The van der Waals surface area contributed by atoms with Gasteiger partial charge in [0.1, 0.15) is 0 Å². The molecule has 4 nitrogen and oxygen atoms in total. The van der Waals surface area contributed by atoms with Crippen LogP contribution in [-0.4, -0.2) is 26.0 Å². The van der Waals surface area contributed by atoms with E-state index in [-0.39, 0.29) is 0 Å². The third-order valence-corrected chi connectivity index (χ3v) is 3.50. The Kier molecular flexibility index (Phi) is 4.00. The maximum atomic E-state index is 4.05. The lowest BCUT2D eigenvalue weighted by atomic mass is 10.1. The second kappa shape index (κ2) is 5.69. The summed E-state index contributed by atoms with van der Waals surface area (Å²) in [5.74, 6) is 6.55. The Bertz CT molecular complexity index is 607. The molecule has 0 aliphatic carbocycles. The zero-order valence-corrected chi connectivity index (χ0v) is 11.5. The molecule has 1 aromatic heterocycles. The van der Waals surface area contributed by atoms with Crippen LogP contribution in [0.5, 0.6) is 0 Å². The van der Waals surface area contributed by atoms with Gasteiger partial charge in [0.25, 0.3) is 0 Å². The van der Waals surface area contributed by atoms with Crippen molar-refractivity contribution in [3.63, 3.8) is 0 Å². The van der Waals surface area contributed by atoms with Crippen molar-refractivity contribution in [2.45, 2.75) is 25.9 Å². The van der Waals surface area contributed by atoms with Crippen molar-refractivity contribution < 1.29 is 0 Å². The predicted molar refractivity (Wildman–Crippen MR) is 72.8 cm³/mol. The molecule has 18 heavy (non-hydrogen) atoms. The lowest BCUT2D eigenvalue weighted by Crippen LogP contribution is -2.02. The SMILES string of the molecule is CC#CCSc1nnnn1-c1cccc(C)c1C. The molecule has 0 fully saturated rings. The third-order valence-electron chi connectivity index (χ3n) is 2.70. The minimum Gasteiger partial charge on any atom is -0.187 e. The van der Waals surface area contributed by atoms with Gasteiger partial charge in [-0.1, -0.05) is 29.8 Å². The highest BCUT2D eigenvalue weighted by atomic mass is 32.2. The summed E-state index contributed by atoms with van der Waals surface area (Å²) in [7, 11) is 0.